The Labute approximate surface area is 174 Å². The van der Waals surface area contributed by atoms with E-state index in [1.165, 1.54) is 11.3 Å². The third kappa shape index (κ3) is 3.72. The fraction of sp³-hybridized carbons (Fsp3) is 0.273. The van der Waals surface area contributed by atoms with Crippen molar-refractivity contribution in [1.82, 2.24) is 4.98 Å². The van der Waals surface area contributed by atoms with Gasteiger partial charge >= 0.3 is 5.97 Å². The van der Waals surface area contributed by atoms with Crippen molar-refractivity contribution in [3.8, 4) is 21.6 Å². The third-order valence-corrected chi connectivity index (χ3v) is 9.55. The number of rotatable bonds is 5. The molecule has 1 aromatic carbocycles. The zero-order valence-electron chi connectivity index (χ0n) is 15.7. The largest absolute Gasteiger partial charge is 0.481 e. The van der Waals surface area contributed by atoms with Crippen LogP contribution in [0.3, 0.4) is 0 Å². The van der Waals surface area contributed by atoms with Gasteiger partial charge in [0.1, 0.15) is 4.75 Å². The number of aliphatic carboxylic acids is 1. The number of pyridine rings is 1. The van der Waals surface area contributed by atoms with Crippen molar-refractivity contribution < 1.29 is 18.3 Å². The van der Waals surface area contributed by atoms with E-state index in [9.17, 15) is 18.3 Å². The highest BCUT2D eigenvalue weighted by atomic mass is 32.2. The lowest BCUT2D eigenvalue weighted by Gasteiger charge is -2.34. The lowest BCUT2D eigenvalue weighted by molar-refractivity contribution is -0.137. The summed E-state index contributed by atoms with van der Waals surface area (Å²) in [6.45, 7) is 0. The van der Waals surface area contributed by atoms with Crippen molar-refractivity contribution in [2.45, 2.75) is 30.4 Å². The van der Waals surface area contributed by atoms with Gasteiger partial charge in [-0.25, -0.2) is 8.42 Å². The highest BCUT2D eigenvalue weighted by molar-refractivity contribution is 7.92. The van der Waals surface area contributed by atoms with Crippen LogP contribution in [0.2, 0.25) is 0 Å². The van der Waals surface area contributed by atoms with Crippen molar-refractivity contribution in [3.05, 3.63) is 65.8 Å². The van der Waals surface area contributed by atoms with Crippen LogP contribution in [0, 0.1) is 0 Å². The molecule has 1 aliphatic rings. The van der Waals surface area contributed by atoms with Crippen LogP contribution in [-0.4, -0.2) is 30.2 Å². The molecule has 0 radical (unpaired) electrons. The summed E-state index contributed by atoms with van der Waals surface area (Å²) in [6.07, 6.45) is 4.84. The molecule has 0 bridgehead atoms. The van der Waals surface area contributed by atoms with Crippen LogP contribution in [0.25, 0.3) is 21.6 Å². The van der Waals surface area contributed by atoms with E-state index in [0.717, 1.165) is 28.0 Å². The zero-order chi connectivity index (χ0) is 20.5. The molecule has 5 nitrogen and oxygen atoms in total. The van der Waals surface area contributed by atoms with Crippen LogP contribution in [0.15, 0.2) is 60.9 Å². The van der Waals surface area contributed by atoms with Crippen LogP contribution >= 0.6 is 11.3 Å². The highest BCUT2D eigenvalue weighted by Crippen LogP contribution is 2.47. The summed E-state index contributed by atoms with van der Waals surface area (Å²) in [5.74, 6) is -1.03. The van der Waals surface area contributed by atoms with Crippen LogP contribution < -0.4 is 0 Å². The summed E-state index contributed by atoms with van der Waals surface area (Å²) in [5.41, 5.74) is 3.06. The number of thiophene rings is 1. The maximum Gasteiger partial charge on any atom is 0.305 e. The van der Waals surface area contributed by atoms with Crippen molar-refractivity contribution in [3.63, 3.8) is 0 Å². The van der Waals surface area contributed by atoms with Gasteiger partial charge in [0.15, 0.2) is 9.84 Å². The van der Waals surface area contributed by atoms with Crippen LogP contribution in [-0.2, 0) is 19.4 Å². The molecule has 0 saturated carbocycles. The molecular formula is C22H21NO4S2. The SMILES string of the molecule is O=C(O)C[C@]1(c2ccc(-c3ccc(-c4cccnc4)cc3)s2)CCCCS1(=O)=O. The quantitative estimate of drug-likeness (QED) is 0.635. The standard InChI is InChI=1S/C22H21NO4S2/c24-21(25)14-22(11-1-2-13-29(22,26)27)20-10-9-19(28-20)17-7-5-16(6-8-17)18-4-3-12-23-15-18/h3-10,12,15H,1-2,11,13-14H2,(H,24,25)/t22-/m0/s1. The number of nitrogens with zero attached hydrogens (tertiary/aromatic N) is 1. The van der Waals surface area contributed by atoms with Crippen LogP contribution in [0.5, 0.6) is 0 Å². The zero-order valence-corrected chi connectivity index (χ0v) is 17.4. The Hall–Kier alpha value is -2.51. The minimum atomic E-state index is -3.52. The lowest BCUT2D eigenvalue weighted by Crippen LogP contribution is -2.41. The fourth-order valence-electron chi connectivity index (χ4n) is 3.96. The molecule has 4 rings (SSSR count). The molecule has 29 heavy (non-hydrogen) atoms. The first-order valence-electron chi connectivity index (χ1n) is 9.47. The van der Waals surface area contributed by atoms with E-state index in [1.54, 1.807) is 12.3 Å². The van der Waals surface area contributed by atoms with Gasteiger partial charge in [-0.2, -0.15) is 0 Å². The second-order valence-electron chi connectivity index (χ2n) is 7.32. The summed E-state index contributed by atoms with van der Waals surface area (Å²) < 4.78 is 24.5. The first-order chi connectivity index (χ1) is 13.9. The molecule has 2 aromatic heterocycles. The topological polar surface area (TPSA) is 84.3 Å². The Bertz CT molecular complexity index is 1120. The third-order valence-electron chi connectivity index (χ3n) is 5.50. The van der Waals surface area contributed by atoms with Crippen molar-refractivity contribution in [1.29, 1.82) is 0 Å². The average Bonchev–Trinajstić information content (AvgIpc) is 3.21. The predicted molar refractivity (Wildman–Crippen MR) is 115 cm³/mol. The maximum absolute atomic E-state index is 12.9. The van der Waals surface area contributed by atoms with E-state index in [-0.39, 0.29) is 12.2 Å². The maximum atomic E-state index is 12.9. The van der Waals surface area contributed by atoms with Crippen LogP contribution in [0.4, 0.5) is 0 Å². The second kappa shape index (κ2) is 7.72. The normalized spacial score (nSPS) is 21.0. The molecule has 1 fully saturated rings. The molecule has 1 saturated heterocycles. The molecule has 0 spiro atoms. The van der Waals surface area contributed by atoms with E-state index in [0.29, 0.717) is 17.7 Å². The number of hydrogen-bond acceptors (Lipinski definition) is 5. The van der Waals surface area contributed by atoms with Gasteiger partial charge in [-0.3, -0.25) is 9.78 Å². The first-order valence-corrected chi connectivity index (χ1v) is 11.9. The molecule has 150 valence electrons. The summed E-state index contributed by atoms with van der Waals surface area (Å²) in [4.78, 5) is 17.2. The van der Waals surface area contributed by atoms with E-state index >= 15 is 0 Å². The smallest absolute Gasteiger partial charge is 0.305 e. The Kier molecular flexibility index (Phi) is 5.27. The van der Waals surface area contributed by atoms with E-state index in [4.69, 9.17) is 0 Å². The molecule has 3 heterocycles. The fourth-order valence-corrected chi connectivity index (χ4v) is 7.74. The van der Waals surface area contributed by atoms with Gasteiger partial charge in [0, 0.05) is 22.1 Å². The summed E-state index contributed by atoms with van der Waals surface area (Å²) in [6, 6.07) is 15.6. The monoisotopic (exact) mass is 427 g/mol. The number of benzene rings is 1. The Morgan fingerprint density at radius 1 is 1.03 bits per heavy atom. The minimum absolute atomic E-state index is 0.0489. The number of carboxylic acids is 1. The van der Waals surface area contributed by atoms with Gasteiger partial charge in [-0.1, -0.05) is 36.8 Å². The number of carboxylic acid groups (broad SMARTS) is 1. The van der Waals surface area contributed by atoms with Gasteiger partial charge in [0.25, 0.3) is 0 Å². The van der Waals surface area contributed by atoms with Gasteiger partial charge in [0.2, 0.25) is 0 Å². The van der Waals surface area contributed by atoms with E-state index in [1.807, 2.05) is 48.7 Å². The summed E-state index contributed by atoms with van der Waals surface area (Å²) in [7, 11) is -3.52. The molecule has 0 unspecified atom stereocenters. The van der Waals surface area contributed by atoms with Gasteiger partial charge in [0.05, 0.1) is 12.2 Å². The summed E-state index contributed by atoms with van der Waals surface area (Å²) >= 11 is 1.38. The molecular weight excluding hydrogens is 406 g/mol. The Balaban J connectivity index is 1.69. The molecule has 1 aliphatic heterocycles. The summed E-state index contributed by atoms with van der Waals surface area (Å²) in [5, 5.41) is 9.42. The number of aromatic nitrogens is 1. The van der Waals surface area contributed by atoms with Crippen LogP contribution in [0.1, 0.15) is 30.6 Å². The van der Waals surface area contributed by atoms with Gasteiger partial charge < -0.3 is 5.11 Å². The first kappa shape index (κ1) is 19.8. The van der Waals surface area contributed by atoms with Crippen molar-refractivity contribution in [2.24, 2.45) is 0 Å². The van der Waals surface area contributed by atoms with E-state index in [2.05, 4.69) is 4.98 Å². The Morgan fingerprint density at radius 2 is 1.79 bits per heavy atom. The second-order valence-corrected chi connectivity index (χ2v) is 10.8. The highest BCUT2D eigenvalue weighted by Gasteiger charge is 2.49. The molecule has 1 N–H and O–H groups in total. The van der Waals surface area contributed by atoms with Crippen molar-refractivity contribution in [2.75, 3.05) is 5.75 Å². The van der Waals surface area contributed by atoms with Gasteiger partial charge in [-0.05, 0) is 47.7 Å². The predicted octanol–water partition coefficient (Wildman–Crippen LogP) is 4.75. The average molecular weight is 428 g/mol. The molecule has 7 heteroatoms. The van der Waals surface area contributed by atoms with E-state index < -0.39 is 20.6 Å². The molecule has 3 aromatic rings. The van der Waals surface area contributed by atoms with Crippen molar-refractivity contribution >= 4 is 27.1 Å². The molecule has 0 aliphatic carbocycles. The lowest BCUT2D eigenvalue weighted by atomic mass is 9.95. The number of hydrogen-bond donors (Lipinski definition) is 1. The molecule has 0 amide bonds. The number of sulfone groups is 1. The number of carbonyl (C=O) groups is 1. The minimum Gasteiger partial charge on any atom is -0.481 e. The molecule has 1 atom stereocenters. The van der Waals surface area contributed by atoms with Gasteiger partial charge in [-0.15, -0.1) is 11.3 Å². The Morgan fingerprint density at radius 3 is 2.45 bits per heavy atom.